The Morgan fingerprint density at radius 1 is 1.42 bits per heavy atom. The van der Waals surface area contributed by atoms with E-state index in [1.54, 1.807) is 11.9 Å². The summed E-state index contributed by atoms with van der Waals surface area (Å²) in [6, 6.07) is 0. The van der Waals surface area contributed by atoms with Crippen LogP contribution in [0.25, 0.3) is 0 Å². The van der Waals surface area contributed by atoms with E-state index in [0.717, 1.165) is 6.54 Å². The number of nitrogens with zero attached hydrogens (tertiary/aromatic N) is 2. The number of carbonyl (C=O) groups excluding carboxylic acids is 3. The second-order valence-electron chi connectivity index (χ2n) is 5.41. The minimum atomic E-state index is -0.449. The molecular weight excluding hydrogens is 248 g/mol. The SMILES string of the molecule is COC(=O)CN(C)C(=O)C1CC(=O)N(CC2CC2)C1. The van der Waals surface area contributed by atoms with Crippen LogP contribution in [0.5, 0.6) is 0 Å². The van der Waals surface area contributed by atoms with Gasteiger partial charge in [-0.25, -0.2) is 0 Å². The van der Waals surface area contributed by atoms with Crippen LogP contribution in [-0.4, -0.2) is 61.4 Å². The highest BCUT2D eigenvalue weighted by atomic mass is 16.5. The zero-order chi connectivity index (χ0) is 14.0. The molecule has 6 nitrogen and oxygen atoms in total. The summed E-state index contributed by atoms with van der Waals surface area (Å²) in [7, 11) is 2.85. The molecule has 0 aromatic heterocycles. The average Bonchev–Trinajstić information content (AvgIpc) is 3.12. The van der Waals surface area contributed by atoms with Crippen LogP contribution >= 0.6 is 0 Å². The third-order valence-electron chi connectivity index (χ3n) is 3.71. The van der Waals surface area contributed by atoms with E-state index in [-0.39, 0.29) is 30.7 Å². The van der Waals surface area contributed by atoms with Gasteiger partial charge in [0.25, 0.3) is 0 Å². The monoisotopic (exact) mass is 268 g/mol. The Morgan fingerprint density at radius 2 is 2.11 bits per heavy atom. The van der Waals surface area contributed by atoms with Crippen LogP contribution in [0.1, 0.15) is 19.3 Å². The molecule has 1 aliphatic heterocycles. The van der Waals surface area contributed by atoms with Crippen LogP contribution in [-0.2, 0) is 19.1 Å². The normalized spacial score (nSPS) is 22.5. The number of rotatable bonds is 5. The van der Waals surface area contributed by atoms with Crippen LogP contribution in [0.2, 0.25) is 0 Å². The van der Waals surface area contributed by atoms with Crippen molar-refractivity contribution in [3.8, 4) is 0 Å². The fourth-order valence-corrected chi connectivity index (χ4v) is 2.37. The summed E-state index contributed by atoms with van der Waals surface area (Å²) in [5, 5.41) is 0. The number of likely N-dealkylation sites (N-methyl/N-ethyl adjacent to an activating group) is 1. The Morgan fingerprint density at radius 3 is 2.68 bits per heavy atom. The Balaban J connectivity index is 1.85. The molecule has 6 heteroatoms. The highest BCUT2D eigenvalue weighted by Gasteiger charge is 2.38. The summed E-state index contributed by atoms with van der Waals surface area (Å²) < 4.78 is 4.53. The van der Waals surface area contributed by atoms with Gasteiger partial charge in [-0.1, -0.05) is 0 Å². The maximum atomic E-state index is 12.1. The van der Waals surface area contributed by atoms with Crippen LogP contribution < -0.4 is 0 Å². The summed E-state index contributed by atoms with van der Waals surface area (Å²) in [4.78, 5) is 38.2. The number of hydrogen-bond donors (Lipinski definition) is 0. The summed E-state index contributed by atoms with van der Waals surface area (Å²) in [5.41, 5.74) is 0. The van der Waals surface area contributed by atoms with Crippen molar-refractivity contribution in [2.45, 2.75) is 19.3 Å². The first kappa shape index (κ1) is 13.8. The first-order valence-electron chi connectivity index (χ1n) is 6.60. The van der Waals surface area contributed by atoms with Crippen LogP contribution in [0, 0.1) is 11.8 Å². The number of ether oxygens (including phenoxy) is 1. The van der Waals surface area contributed by atoms with Gasteiger partial charge in [-0.2, -0.15) is 0 Å². The summed E-state index contributed by atoms with van der Waals surface area (Å²) in [6.45, 7) is 1.20. The Bertz CT molecular complexity index is 392. The number of hydrogen-bond acceptors (Lipinski definition) is 4. The third-order valence-corrected chi connectivity index (χ3v) is 3.71. The summed E-state index contributed by atoms with van der Waals surface area (Å²) >= 11 is 0. The number of amides is 2. The fraction of sp³-hybridized carbons (Fsp3) is 0.769. The van der Waals surface area contributed by atoms with Gasteiger partial charge >= 0.3 is 5.97 Å². The molecule has 2 aliphatic rings. The van der Waals surface area contributed by atoms with E-state index < -0.39 is 5.97 Å². The van der Waals surface area contributed by atoms with E-state index in [9.17, 15) is 14.4 Å². The molecule has 0 N–H and O–H groups in total. The van der Waals surface area contributed by atoms with Gasteiger partial charge in [-0.05, 0) is 18.8 Å². The lowest BCUT2D eigenvalue weighted by molar-refractivity contribution is -0.147. The molecule has 1 aliphatic carbocycles. The molecule has 0 spiro atoms. The molecule has 1 heterocycles. The van der Waals surface area contributed by atoms with Crippen molar-refractivity contribution in [1.82, 2.24) is 9.80 Å². The molecule has 1 saturated carbocycles. The van der Waals surface area contributed by atoms with Crippen molar-refractivity contribution in [3.05, 3.63) is 0 Å². The third kappa shape index (κ3) is 3.45. The highest BCUT2D eigenvalue weighted by Crippen LogP contribution is 2.32. The largest absolute Gasteiger partial charge is 0.468 e. The maximum Gasteiger partial charge on any atom is 0.325 e. The summed E-state index contributed by atoms with van der Waals surface area (Å²) in [6.07, 6.45) is 2.63. The number of likely N-dealkylation sites (tertiary alicyclic amines) is 1. The van der Waals surface area contributed by atoms with E-state index in [0.29, 0.717) is 12.5 Å². The second-order valence-corrected chi connectivity index (χ2v) is 5.41. The molecule has 19 heavy (non-hydrogen) atoms. The lowest BCUT2D eigenvalue weighted by Gasteiger charge is -2.20. The molecule has 106 valence electrons. The molecule has 0 aromatic rings. The Labute approximate surface area is 112 Å². The van der Waals surface area contributed by atoms with Crippen LogP contribution in [0.15, 0.2) is 0 Å². The van der Waals surface area contributed by atoms with E-state index in [1.165, 1.54) is 24.9 Å². The molecule has 2 amide bonds. The van der Waals surface area contributed by atoms with E-state index >= 15 is 0 Å². The fourth-order valence-electron chi connectivity index (χ4n) is 2.37. The van der Waals surface area contributed by atoms with Gasteiger partial charge in [0.2, 0.25) is 11.8 Å². The molecule has 0 aromatic carbocycles. The van der Waals surface area contributed by atoms with Crippen molar-refractivity contribution in [3.63, 3.8) is 0 Å². The zero-order valence-corrected chi connectivity index (χ0v) is 11.4. The first-order valence-corrected chi connectivity index (χ1v) is 6.60. The van der Waals surface area contributed by atoms with Crippen molar-refractivity contribution in [1.29, 1.82) is 0 Å². The standard InChI is InChI=1S/C13H20N2O4/c1-14(8-12(17)19-2)13(18)10-5-11(16)15(7-10)6-9-3-4-9/h9-10H,3-8H2,1-2H3. The van der Waals surface area contributed by atoms with Crippen molar-refractivity contribution < 1.29 is 19.1 Å². The Kier molecular flexibility index (Phi) is 4.07. The van der Waals surface area contributed by atoms with Crippen LogP contribution in [0.4, 0.5) is 0 Å². The molecule has 0 radical (unpaired) electrons. The predicted molar refractivity (Wildman–Crippen MR) is 67.1 cm³/mol. The van der Waals surface area contributed by atoms with Gasteiger partial charge < -0.3 is 14.5 Å². The van der Waals surface area contributed by atoms with Gasteiger partial charge in [-0.3, -0.25) is 14.4 Å². The second kappa shape index (κ2) is 5.59. The lowest BCUT2D eigenvalue weighted by atomic mass is 10.1. The van der Waals surface area contributed by atoms with Crippen molar-refractivity contribution in [2.24, 2.45) is 11.8 Å². The maximum absolute atomic E-state index is 12.1. The number of methoxy groups -OCH3 is 1. The zero-order valence-electron chi connectivity index (χ0n) is 11.4. The molecule has 1 saturated heterocycles. The van der Waals surface area contributed by atoms with Gasteiger partial charge in [0.05, 0.1) is 13.0 Å². The smallest absolute Gasteiger partial charge is 0.325 e. The number of esters is 1. The molecule has 2 fully saturated rings. The predicted octanol–water partition coefficient (Wildman–Crippen LogP) is -0.124. The van der Waals surface area contributed by atoms with Crippen molar-refractivity contribution in [2.75, 3.05) is 33.8 Å². The summed E-state index contributed by atoms with van der Waals surface area (Å²) in [5.74, 6) is -0.240. The van der Waals surface area contributed by atoms with Gasteiger partial charge in [-0.15, -0.1) is 0 Å². The lowest BCUT2D eigenvalue weighted by Crippen LogP contribution is -2.38. The topological polar surface area (TPSA) is 66.9 Å². The minimum Gasteiger partial charge on any atom is -0.468 e. The highest BCUT2D eigenvalue weighted by molar-refractivity contribution is 5.90. The minimum absolute atomic E-state index is 0.0525. The van der Waals surface area contributed by atoms with Crippen molar-refractivity contribution >= 4 is 17.8 Å². The molecule has 0 bridgehead atoms. The molecule has 2 rings (SSSR count). The van der Waals surface area contributed by atoms with Gasteiger partial charge in [0, 0.05) is 26.6 Å². The quantitative estimate of drug-likeness (QED) is 0.652. The molecule has 1 atom stereocenters. The number of carbonyl (C=O) groups is 3. The van der Waals surface area contributed by atoms with Gasteiger partial charge in [0.1, 0.15) is 6.54 Å². The molecular formula is C13H20N2O4. The van der Waals surface area contributed by atoms with Gasteiger partial charge in [0.15, 0.2) is 0 Å². The van der Waals surface area contributed by atoms with E-state index in [4.69, 9.17) is 0 Å². The Hall–Kier alpha value is -1.59. The average molecular weight is 268 g/mol. The van der Waals surface area contributed by atoms with Crippen LogP contribution in [0.3, 0.4) is 0 Å². The molecule has 1 unspecified atom stereocenters. The first-order chi connectivity index (χ1) is 9.01. The van der Waals surface area contributed by atoms with E-state index in [1.807, 2.05) is 0 Å². The van der Waals surface area contributed by atoms with E-state index in [2.05, 4.69) is 4.74 Å².